The molecule has 0 unspecified atom stereocenters. The lowest BCUT2D eigenvalue weighted by molar-refractivity contribution is 0.0950. The molecule has 26 heavy (non-hydrogen) atoms. The fourth-order valence-corrected chi connectivity index (χ4v) is 3.00. The Labute approximate surface area is 161 Å². The number of nitrogens with zero attached hydrogens (tertiary/aromatic N) is 2. The van der Waals surface area contributed by atoms with E-state index in [1.165, 1.54) is 0 Å². The van der Waals surface area contributed by atoms with Crippen LogP contribution in [-0.2, 0) is 20.2 Å². The van der Waals surface area contributed by atoms with Crippen LogP contribution in [0.4, 0.5) is 0 Å². The molecule has 0 aliphatic carbocycles. The van der Waals surface area contributed by atoms with Gasteiger partial charge in [0.15, 0.2) is 0 Å². The van der Waals surface area contributed by atoms with E-state index in [4.69, 9.17) is 4.74 Å². The van der Waals surface area contributed by atoms with Crippen molar-refractivity contribution in [1.29, 1.82) is 0 Å². The van der Waals surface area contributed by atoms with Crippen LogP contribution in [0.2, 0.25) is 0 Å². The van der Waals surface area contributed by atoms with Crippen molar-refractivity contribution in [3.05, 3.63) is 81.6 Å². The number of nitrogens with one attached hydrogen (secondary N) is 1. The van der Waals surface area contributed by atoms with E-state index in [1.54, 1.807) is 10.7 Å². The van der Waals surface area contributed by atoms with Gasteiger partial charge in [-0.3, -0.25) is 9.48 Å². The van der Waals surface area contributed by atoms with Crippen molar-refractivity contribution in [1.82, 2.24) is 15.1 Å². The molecular formula is C20H20BrN3O2. The van der Waals surface area contributed by atoms with Gasteiger partial charge in [0.1, 0.15) is 12.4 Å². The monoisotopic (exact) mass is 413 g/mol. The molecule has 0 bridgehead atoms. The molecule has 0 radical (unpaired) electrons. The molecule has 2 aromatic carbocycles. The first-order valence-electron chi connectivity index (χ1n) is 8.26. The van der Waals surface area contributed by atoms with E-state index < -0.39 is 0 Å². The molecule has 0 saturated heterocycles. The highest BCUT2D eigenvalue weighted by Gasteiger charge is 2.09. The van der Waals surface area contributed by atoms with Crippen LogP contribution in [-0.4, -0.2) is 15.7 Å². The lowest BCUT2D eigenvalue weighted by Gasteiger charge is -2.09. The summed E-state index contributed by atoms with van der Waals surface area (Å²) in [5, 5.41) is 7.22. The smallest absolute Gasteiger partial charge is 0.251 e. The Morgan fingerprint density at radius 2 is 2.04 bits per heavy atom. The second kappa shape index (κ2) is 8.19. The summed E-state index contributed by atoms with van der Waals surface area (Å²) in [5.41, 5.74) is 3.48. The van der Waals surface area contributed by atoms with E-state index >= 15 is 0 Å². The van der Waals surface area contributed by atoms with Crippen LogP contribution in [0, 0.1) is 6.92 Å². The molecule has 1 aromatic heterocycles. The Hall–Kier alpha value is -2.60. The molecule has 134 valence electrons. The molecule has 0 saturated carbocycles. The molecule has 5 nitrogen and oxygen atoms in total. The summed E-state index contributed by atoms with van der Waals surface area (Å²) in [6.45, 7) is 2.79. The molecule has 1 heterocycles. The summed E-state index contributed by atoms with van der Waals surface area (Å²) in [5.74, 6) is 0.666. The van der Waals surface area contributed by atoms with Gasteiger partial charge in [-0.15, -0.1) is 0 Å². The molecule has 0 fully saturated rings. The molecule has 3 aromatic rings. The molecule has 0 spiro atoms. The fourth-order valence-electron chi connectivity index (χ4n) is 2.63. The number of rotatable bonds is 6. The highest BCUT2D eigenvalue weighted by molar-refractivity contribution is 9.10. The van der Waals surface area contributed by atoms with Crippen LogP contribution >= 0.6 is 15.9 Å². The first kappa shape index (κ1) is 18.2. The van der Waals surface area contributed by atoms with Gasteiger partial charge in [0, 0.05) is 35.4 Å². The quantitative estimate of drug-likeness (QED) is 0.664. The van der Waals surface area contributed by atoms with Crippen molar-refractivity contribution >= 4 is 21.8 Å². The first-order valence-corrected chi connectivity index (χ1v) is 9.05. The topological polar surface area (TPSA) is 56.2 Å². The first-order chi connectivity index (χ1) is 12.5. The van der Waals surface area contributed by atoms with Gasteiger partial charge in [0.05, 0.1) is 5.69 Å². The van der Waals surface area contributed by atoms with Crippen molar-refractivity contribution in [2.45, 2.75) is 20.1 Å². The zero-order chi connectivity index (χ0) is 18.5. The number of aryl methyl sites for hydroxylation is 2. The van der Waals surface area contributed by atoms with E-state index in [0.717, 1.165) is 27.0 Å². The number of aromatic nitrogens is 2. The van der Waals surface area contributed by atoms with Gasteiger partial charge in [0.2, 0.25) is 0 Å². The number of ether oxygens (including phenoxy) is 1. The van der Waals surface area contributed by atoms with Crippen LogP contribution in [0.3, 0.4) is 0 Å². The van der Waals surface area contributed by atoms with Gasteiger partial charge in [-0.1, -0.05) is 34.1 Å². The SMILES string of the molecule is Cc1nn(C)cc1CNC(=O)c1cccc(COc2cccc(Br)c2)c1. The number of hydrogen-bond acceptors (Lipinski definition) is 3. The average molecular weight is 414 g/mol. The number of carbonyl (C=O) groups is 1. The largest absolute Gasteiger partial charge is 0.489 e. The van der Waals surface area contributed by atoms with Crippen molar-refractivity contribution in [2.75, 3.05) is 0 Å². The maximum absolute atomic E-state index is 12.4. The summed E-state index contributed by atoms with van der Waals surface area (Å²) >= 11 is 3.42. The second-order valence-electron chi connectivity index (χ2n) is 6.04. The highest BCUT2D eigenvalue weighted by Crippen LogP contribution is 2.19. The zero-order valence-corrected chi connectivity index (χ0v) is 16.3. The lowest BCUT2D eigenvalue weighted by atomic mass is 10.1. The van der Waals surface area contributed by atoms with Crippen LogP contribution < -0.4 is 10.1 Å². The summed E-state index contributed by atoms with van der Waals surface area (Å²) in [7, 11) is 1.87. The number of halogens is 1. The van der Waals surface area contributed by atoms with Crippen molar-refractivity contribution in [3.8, 4) is 5.75 Å². The molecule has 0 aliphatic heterocycles. The third-order valence-electron chi connectivity index (χ3n) is 3.95. The molecule has 0 atom stereocenters. The average Bonchev–Trinajstić information content (AvgIpc) is 2.95. The van der Waals surface area contributed by atoms with E-state index in [9.17, 15) is 4.79 Å². The maximum Gasteiger partial charge on any atom is 0.251 e. The standard InChI is InChI=1S/C20H20BrN3O2/c1-14-17(12-24(2)23-14)11-22-20(25)16-6-3-5-15(9-16)13-26-19-8-4-7-18(21)10-19/h3-10,12H,11,13H2,1-2H3,(H,22,25). The highest BCUT2D eigenvalue weighted by atomic mass is 79.9. The van der Waals surface area contributed by atoms with Gasteiger partial charge < -0.3 is 10.1 Å². The second-order valence-corrected chi connectivity index (χ2v) is 6.96. The lowest BCUT2D eigenvalue weighted by Crippen LogP contribution is -2.23. The minimum absolute atomic E-state index is 0.113. The number of carbonyl (C=O) groups excluding carboxylic acids is 1. The Morgan fingerprint density at radius 3 is 2.77 bits per heavy atom. The minimum Gasteiger partial charge on any atom is -0.489 e. The number of benzene rings is 2. The number of hydrogen-bond donors (Lipinski definition) is 1. The third kappa shape index (κ3) is 4.73. The van der Waals surface area contributed by atoms with Gasteiger partial charge >= 0.3 is 0 Å². The van der Waals surface area contributed by atoms with Crippen molar-refractivity contribution in [3.63, 3.8) is 0 Å². The Bertz CT molecular complexity index is 921. The van der Waals surface area contributed by atoms with Crippen LogP contribution in [0.5, 0.6) is 5.75 Å². The van der Waals surface area contributed by atoms with Crippen molar-refractivity contribution in [2.24, 2.45) is 7.05 Å². The Balaban J connectivity index is 1.61. The van der Waals surface area contributed by atoms with E-state index in [0.29, 0.717) is 18.7 Å². The van der Waals surface area contributed by atoms with Crippen LogP contribution in [0.1, 0.15) is 27.2 Å². The van der Waals surface area contributed by atoms with E-state index in [1.807, 2.05) is 62.6 Å². The summed E-state index contributed by atoms with van der Waals surface area (Å²) < 4.78 is 8.50. The predicted octanol–water partition coefficient (Wildman–Crippen LogP) is 4.00. The molecule has 1 N–H and O–H groups in total. The van der Waals surface area contributed by atoms with Gasteiger partial charge in [-0.2, -0.15) is 5.10 Å². The molecular weight excluding hydrogens is 394 g/mol. The molecule has 6 heteroatoms. The minimum atomic E-state index is -0.113. The van der Waals surface area contributed by atoms with E-state index in [2.05, 4.69) is 26.3 Å². The van der Waals surface area contributed by atoms with Gasteiger partial charge in [-0.25, -0.2) is 0 Å². The molecule has 0 aliphatic rings. The zero-order valence-electron chi connectivity index (χ0n) is 14.7. The van der Waals surface area contributed by atoms with Crippen molar-refractivity contribution < 1.29 is 9.53 Å². The predicted molar refractivity (Wildman–Crippen MR) is 104 cm³/mol. The Morgan fingerprint density at radius 1 is 1.23 bits per heavy atom. The van der Waals surface area contributed by atoms with Gasteiger partial charge in [-0.05, 0) is 42.8 Å². The molecule has 3 rings (SSSR count). The Kier molecular flexibility index (Phi) is 5.73. The summed E-state index contributed by atoms with van der Waals surface area (Å²) in [6, 6.07) is 15.1. The number of amides is 1. The van der Waals surface area contributed by atoms with Crippen LogP contribution in [0.25, 0.3) is 0 Å². The molecule has 1 amide bonds. The maximum atomic E-state index is 12.4. The van der Waals surface area contributed by atoms with Gasteiger partial charge in [0.25, 0.3) is 5.91 Å². The normalized spacial score (nSPS) is 10.6. The fraction of sp³-hybridized carbons (Fsp3) is 0.200. The van der Waals surface area contributed by atoms with E-state index in [-0.39, 0.29) is 5.91 Å². The third-order valence-corrected chi connectivity index (χ3v) is 4.44. The summed E-state index contributed by atoms with van der Waals surface area (Å²) in [4.78, 5) is 12.4. The van der Waals surface area contributed by atoms with Crippen LogP contribution in [0.15, 0.2) is 59.2 Å². The summed E-state index contributed by atoms with van der Waals surface area (Å²) in [6.07, 6.45) is 1.91.